The molecule has 1 aliphatic rings. The summed E-state index contributed by atoms with van der Waals surface area (Å²) in [7, 11) is 0. The highest BCUT2D eigenvalue weighted by Gasteiger charge is 2.19. The fraction of sp³-hybridized carbons (Fsp3) is 0.263. The van der Waals surface area contributed by atoms with E-state index in [-0.39, 0.29) is 0 Å². The maximum Gasteiger partial charge on any atom is 0.187 e. The van der Waals surface area contributed by atoms with Crippen LogP contribution in [0.4, 0.5) is 0 Å². The number of hydrogen-bond donors (Lipinski definition) is 0. The Labute approximate surface area is 156 Å². The van der Waals surface area contributed by atoms with Crippen LogP contribution >= 0.6 is 23.4 Å². The third-order valence-corrected chi connectivity index (χ3v) is 5.16. The van der Waals surface area contributed by atoms with Gasteiger partial charge in [0.2, 0.25) is 0 Å². The van der Waals surface area contributed by atoms with Crippen LogP contribution in [0.3, 0.4) is 0 Å². The summed E-state index contributed by atoms with van der Waals surface area (Å²) in [4.78, 5) is 11.4. The van der Waals surface area contributed by atoms with Crippen LogP contribution in [0, 0.1) is 0 Å². The number of rotatable bonds is 4. The van der Waals surface area contributed by atoms with E-state index >= 15 is 0 Å². The average molecular weight is 372 g/mol. The molecule has 0 atom stereocenters. The van der Waals surface area contributed by atoms with Crippen LogP contribution in [0.1, 0.15) is 17.0 Å². The lowest BCUT2D eigenvalue weighted by molar-refractivity contribution is 0.223. The van der Waals surface area contributed by atoms with E-state index < -0.39 is 0 Å². The largest absolute Gasteiger partial charge is 0.460 e. The Bertz CT molecular complexity index is 879. The van der Waals surface area contributed by atoms with E-state index in [1.54, 1.807) is 11.8 Å². The van der Waals surface area contributed by atoms with Gasteiger partial charge in [0.05, 0.1) is 12.2 Å². The smallest absolute Gasteiger partial charge is 0.187 e. The van der Waals surface area contributed by atoms with E-state index in [4.69, 9.17) is 16.0 Å². The Balaban J connectivity index is 1.45. The number of fused-ring (bicyclic) bond motifs is 1. The van der Waals surface area contributed by atoms with E-state index in [2.05, 4.69) is 14.9 Å². The summed E-state index contributed by atoms with van der Waals surface area (Å²) in [5.74, 6) is 1.84. The van der Waals surface area contributed by atoms with Crippen LogP contribution < -0.4 is 0 Å². The van der Waals surface area contributed by atoms with Gasteiger partial charge in [-0.1, -0.05) is 23.4 Å². The summed E-state index contributed by atoms with van der Waals surface area (Å²) in [6.07, 6.45) is 4.92. The Morgan fingerprint density at radius 1 is 1.20 bits per heavy atom. The maximum absolute atomic E-state index is 6.02. The topological polar surface area (TPSA) is 42.2 Å². The third-order valence-electron chi connectivity index (χ3n) is 4.34. The zero-order chi connectivity index (χ0) is 17.2. The number of aromatic nitrogens is 2. The number of furan rings is 1. The molecule has 0 N–H and O–H groups in total. The second-order valence-electron chi connectivity index (χ2n) is 6.06. The van der Waals surface area contributed by atoms with Crippen molar-refractivity contribution in [1.82, 2.24) is 14.9 Å². The van der Waals surface area contributed by atoms with Crippen LogP contribution in [-0.2, 0) is 19.5 Å². The first kappa shape index (κ1) is 16.6. The molecule has 0 amide bonds. The zero-order valence-electron chi connectivity index (χ0n) is 13.9. The van der Waals surface area contributed by atoms with Crippen molar-refractivity contribution in [1.29, 1.82) is 0 Å². The normalized spacial score (nSPS) is 14.5. The molecule has 128 valence electrons. The molecular formula is C19H18ClN3OS. The molecule has 0 spiro atoms. The molecule has 3 heterocycles. The van der Waals surface area contributed by atoms with Crippen molar-refractivity contribution in [2.24, 2.45) is 0 Å². The molecule has 0 unspecified atom stereocenters. The molecule has 0 aliphatic carbocycles. The number of thioether (sulfide) groups is 1. The first-order chi connectivity index (χ1) is 12.2. The molecule has 1 aromatic carbocycles. The predicted octanol–water partition coefficient (Wildman–Crippen LogP) is 4.67. The van der Waals surface area contributed by atoms with Gasteiger partial charge in [-0.25, -0.2) is 9.97 Å². The third kappa shape index (κ3) is 3.73. The fourth-order valence-corrected chi connectivity index (χ4v) is 3.53. The van der Waals surface area contributed by atoms with Gasteiger partial charge < -0.3 is 4.42 Å². The standard InChI is InChI=1S/C19H18ClN3OS/c1-25-19-21-10-14-11-23(9-8-17(14)22-19)12-16-6-7-18(24-16)13-2-4-15(20)5-3-13/h2-7,10H,8-9,11-12H2,1H3. The van der Waals surface area contributed by atoms with Crippen molar-refractivity contribution in [2.45, 2.75) is 24.7 Å². The summed E-state index contributed by atoms with van der Waals surface area (Å²) < 4.78 is 6.02. The van der Waals surface area contributed by atoms with Crippen molar-refractivity contribution >= 4 is 23.4 Å². The summed E-state index contributed by atoms with van der Waals surface area (Å²) in [6.45, 7) is 2.63. The van der Waals surface area contributed by atoms with Gasteiger partial charge in [-0.3, -0.25) is 4.90 Å². The lowest BCUT2D eigenvalue weighted by Crippen LogP contribution is -2.30. The quantitative estimate of drug-likeness (QED) is 0.492. The van der Waals surface area contributed by atoms with Gasteiger partial charge in [0.25, 0.3) is 0 Å². The van der Waals surface area contributed by atoms with E-state index in [1.807, 2.05) is 48.9 Å². The number of halogens is 1. The Kier molecular flexibility index (Phi) is 4.79. The van der Waals surface area contributed by atoms with E-state index in [9.17, 15) is 0 Å². The van der Waals surface area contributed by atoms with Crippen molar-refractivity contribution in [3.63, 3.8) is 0 Å². The molecule has 0 bridgehead atoms. The number of benzene rings is 1. The first-order valence-electron chi connectivity index (χ1n) is 8.17. The van der Waals surface area contributed by atoms with Crippen molar-refractivity contribution in [3.05, 3.63) is 64.6 Å². The molecule has 0 radical (unpaired) electrons. The molecule has 25 heavy (non-hydrogen) atoms. The van der Waals surface area contributed by atoms with Gasteiger partial charge in [0, 0.05) is 41.9 Å². The highest BCUT2D eigenvalue weighted by atomic mass is 35.5. The first-order valence-corrected chi connectivity index (χ1v) is 9.77. The van der Waals surface area contributed by atoms with E-state index in [0.717, 1.165) is 53.3 Å². The minimum atomic E-state index is 0.731. The van der Waals surface area contributed by atoms with Gasteiger partial charge >= 0.3 is 0 Å². The van der Waals surface area contributed by atoms with Crippen molar-refractivity contribution in [3.8, 4) is 11.3 Å². The van der Waals surface area contributed by atoms with Gasteiger partial charge in [-0.15, -0.1) is 0 Å². The van der Waals surface area contributed by atoms with Crippen LogP contribution in [0.5, 0.6) is 0 Å². The van der Waals surface area contributed by atoms with Gasteiger partial charge in [-0.2, -0.15) is 0 Å². The highest BCUT2D eigenvalue weighted by molar-refractivity contribution is 7.98. The molecule has 4 rings (SSSR count). The van der Waals surface area contributed by atoms with Crippen molar-refractivity contribution < 1.29 is 4.42 Å². The lowest BCUT2D eigenvalue weighted by Gasteiger charge is -2.27. The van der Waals surface area contributed by atoms with Gasteiger partial charge in [0.15, 0.2) is 5.16 Å². The van der Waals surface area contributed by atoms with E-state index in [1.165, 1.54) is 11.3 Å². The molecule has 0 saturated carbocycles. The second kappa shape index (κ2) is 7.20. The molecule has 3 aromatic rings. The molecule has 1 aliphatic heterocycles. The van der Waals surface area contributed by atoms with Crippen LogP contribution in [0.2, 0.25) is 5.02 Å². The highest BCUT2D eigenvalue weighted by Crippen LogP contribution is 2.26. The van der Waals surface area contributed by atoms with Gasteiger partial charge in [0.1, 0.15) is 11.5 Å². The summed E-state index contributed by atoms with van der Waals surface area (Å²) in [5.41, 5.74) is 3.43. The van der Waals surface area contributed by atoms with Crippen LogP contribution in [0.25, 0.3) is 11.3 Å². The summed E-state index contributed by atoms with van der Waals surface area (Å²) >= 11 is 7.53. The molecular weight excluding hydrogens is 354 g/mol. The number of hydrogen-bond acceptors (Lipinski definition) is 5. The summed E-state index contributed by atoms with van der Waals surface area (Å²) in [5, 5.41) is 1.58. The lowest BCUT2D eigenvalue weighted by atomic mass is 10.1. The monoisotopic (exact) mass is 371 g/mol. The minimum Gasteiger partial charge on any atom is -0.460 e. The van der Waals surface area contributed by atoms with Crippen LogP contribution in [-0.4, -0.2) is 27.7 Å². The number of nitrogens with zero attached hydrogens (tertiary/aromatic N) is 3. The Morgan fingerprint density at radius 3 is 2.84 bits per heavy atom. The molecule has 4 nitrogen and oxygen atoms in total. The van der Waals surface area contributed by atoms with Crippen LogP contribution in [0.15, 0.2) is 52.2 Å². The van der Waals surface area contributed by atoms with Crippen molar-refractivity contribution in [2.75, 3.05) is 12.8 Å². The Morgan fingerprint density at radius 2 is 2.04 bits per heavy atom. The molecule has 0 saturated heterocycles. The average Bonchev–Trinajstić information content (AvgIpc) is 3.10. The fourth-order valence-electron chi connectivity index (χ4n) is 3.04. The Hall–Kier alpha value is -1.82. The maximum atomic E-state index is 6.02. The summed E-state index contributed by atoms with van der Waals surface area (Å²) in [6, 6.07) is 11.8. The second-order valence-corrected chi connectivity index (χ2v) is 7.27. The molecule has 0 fully saturated rings. The molecule has 2 aromatic heterocycles. The molecule has 6 heteroatoms. The zero-order valence-corrected chi connectivity index (χ0v) is 15.5. The van der Waals surface area contributed by atoms with E-state index in [0.29, 0.717) is 0 Å². The SMILES string of the molecule is CSc1ncc2c(n1)CCN(Cc1ccc(-c3ccc(Cl)cc3)o1)C2. The minimum absolute atomic E-state index is 0.731. The van der Waals surface area contributed by atoms with Gasteiger partial charge in [-0.05, 0) is 42.7 Å². The predicted molar refractivity (Wildman–Crippen MR) is 101 cm³/mol.